The first-order valence-electron chi connectivity index (χ1n) is 7.64. The van der Waals surface area contributed by atoms with Crippen LogP contribution in [0.4, 0.5) is 5.69 Å². The maximum atomic E-state index is 9.57. The Labute approximate surface area is 135 Å². The number of rotatable bonds is 7. The van der Waals surface area contributed by atoms with E-state index >= 15 is 0 Å². The van der Waals surface area contributed by atoms with Crippen molar-refractivity contribution < 1.29 is 10.3 Å². The molecule has 0 radical (unpaired) electrons. The molecule has 0 spiro atoms. The fourth-order valence-electron chi connectivity index (χ4n) is 2.40. The Morgan fingerprint density at radius 2 is 1.87 bits per heavy atom. The molecule has 2 aromatic rings. The Hall–Kier alpha value is -2.63. The van der Waals surface area contributed by atoms with E-state index in [1.807, 2.05) is 26.0 Å². The molecule has 0 aliphatic rings. The number of aromatic hydroxyl groups is 1. The van der Waals surface area contributed by atoms with Gasteiger partial charge in [0.25, 0.3) is 0 Å². The Bertz CT molecular complexity index is 666. The molecule has 2 rings (SSSR count). The summed E-state index contributed by atoms with van der Waals surface area (Å²) in [6.45, 7) is 4.86. The lowest BCUT2D eigenvalue weighted by Crippen LogP contribution is -2.04. The molecule has 2 aromatic heterocycles. The minimum atomic E-state index is 0.0108. The van der Waals surface area contributed by atoms with Gasteiger partial charge in [-0.2, -0.15) is 0 Å². The first-order valence-corrected chi connectivity index (χ1v) is 7.64. The average Bonchev–Trinajstić information content (AvgIpc) is 2.49. The van der Waals surface area contributed by atoms with E-state index in [-0.39, 0.29) is 11.4 Å². The number of aryl methyl sites for hydroxylation is 3. The molecule has 0 atom stereocenters. The lowest BCUT2D eigenvalue weighted by molar-refractivity contribution is 0.321. The first-order chi connectivity index (χ1) is 11.1. The van der Waals surface area contributed by atoms with Gasteiger partial charge in [-0.15, -0.1) is 0 Å². The first kappa shape index (κ1) is 16.7. The molecule has 0 fully saturated rings. The Morgan fingerprint density at radius 3 is 2.57 bits per heavy atom. The van der Waals surface area contributed by atoms with Crippen molar-refractivity contribution in [3.05, 3.63) is 47.0 Å². The van der Waals surface area contributed by atoms with Crippen LogP contribution >= 0.6 is 0 Å². The maximum absolute atomic E-state index is 9.57. The summed E-state index contributed by atoms with van der Waals surface area (Å²) >= 11 is 0. The van der Waals surface area contributed by atoms with Crippen LogP contribution in [0.15, 0.2) is 29.4 Å². The topological polar surface area (TPSA) is 90.6 Å². The number of oxime groups is 1. The minimum Gasteiger partial charge on any atom is -0.506 e. The van der Waals surface area contributed by atoms with Crippen molar-refractivity contribution in [1.29, 1.82) is 0 Å². The highest BCUT2D eigenvalue weighted by molar-refractivity contribution is 5.80. The van der Waals surface area contributed by atoms with Crippen LogP contribution in [0.2, 0.25) is 0 Å². The molecule has 0 saturated carbocycles. The Balaban J connectivity index is 1.78. The standard InChI is InChI=1S/C17H22N4O2/c1-12-9-15(10-13(2)20-12)18-8-4-3-5-14-6-7-17(22)16(21-14)11-19-23/h6-7,9-11,22-23H,3-5,8H2,1-2H3,(H,18,20). The number of aromatic nitrogens is 2. The quantitative estimate of drug-likeness (QED) is 0.316. The van der Waals surface area contributed by atoms with Crippen LogP contribution in [-0.2, 0) is 6.42 Å². The van der Waals surface area contributed by atoms with Gasteiger partial charge in [0, 0.05) is 29.3 Å². The van der Waals surface area contributed by atoms with Gasteiger partial charge in [0.05, 0.1) is 6.21 Å². The molecule has 0 amide bonds. The van der Waals surface area contributed by atoms with Crippen LogP contribution in [0, 0.1) is 13.8 Å². The number of anilines is 1. The highest BCUT2D eigenvalue weighted by Crippen LogP contribution is 2.15. The summed E-state index contributed by atoms with van der Waals surface area (Å²) in [5, 5.41) is 24.4. The van der Waals surface area contributed by atoms with Crippen LogP contribution in [0.3, 0.4) is 0 Å². The van der Waals surface area contributed by atoms with E-state index in [0.29, 0.717) is 0 Å². The monoisotopic (exact) mass is 314 g/mol. The van der Waals surface area contributed by atoms with Gasteiger partial charge < -0.3 is 15.6 Å². The fourth-order valence-corrected chi connectivity index (χ4v) is 2.40. The van der Waals surface area contributed by atoms with Gasteiger partial charge in [0.15, 0.2) is 0 Å². The van der Waals surface area contributed by atoms with E-state index in [9.17, 15) is 5.11 Å². The van der Waals surface area contributed by atoms with Gasteiger partial charge >= 0.3 is 0 Å². The average molecular weight is 314 g/mol. The van der Waals surface area contributed by atoms with Crippen LogP contribution in [-0.4, -0.2) is 33.0 Å². The number of hydrogen-bond donors (Lipinski definition) is 3. The second kappa shape index (κ2) is 8.12. The van der Waals surface area contributed by atoms with Gasteiger partial charge in [-0.1, -0.05) is 5.16 Å². The van der Waals surface area contributed by atoms with Crippen molar-refractivity contribution in [2.75, 3.05) is 11.9 Å². The molecular formula is C17H22N4O2. The maximum Gasteiger partial charge on any atom is 0.142 e. The highest BCUT2D eigenvalue weighted by atomic mass is 16.4. The number of unbranched alkanes of at least 4 members (excludes halogenated alkanes) is 1. The predicted molar refractivity (Wildman–Crippen MR) is 90.4 cm³/mol. The highest BCUT2D eigenvalue weighted by Gasteiger charge is 2.03. The smallest absolute Gasteiger partial charge is 0.142 e. The van der Waals surface area contributed by atoms with Crippen molar-refractivity contribution >= 4 is 11.9 Å². The molecule has 23 heavy (non-hydrogen) atoms. The van der Waals surface area contributed by atoms with Gasteiger partial charge in [-0.25, -0.2) is 4.98 Å². The van der Waals surface area contributed by atoms with Gasteiger partial charge in [-0.3, -0.25) is 4.98 Å². The summed E-state index contributed by atoms with van der Waals surface area (Å²) in [6.07, 6.45) is 3.92. The molecule has 0 unspecified atom stereocenters. The molecule has 3 N–H and O–H groups in total. The number of pyridine rings is 2. The zero-order chi connectivity index (χ0) is 16.7. The molecule has 0 aromatic carbocycles. The summed E-state index contributed by atoms with van der Waals surface area (Å²) in [7, 11) is 0. The lowest BCUT2D eigenvalue weighted by Gasteiger charge is -2.08. The molecule has 0 aliphatic carbocycles. The number of hydrogen-bond acceptors (Lipinski definition) is 6. The molecule has 6 heteroatoms. The zero-order valence-corrected chi connectivity index (χ0v) is 13.5. The molecule has 0 aliphatic heterocycles. The molecular weight excluding hydrogens is 292 g/mol. The van der Waals surface area contributed by atoms with E-state index < -0.39 is 0 Å². The van der Waals surface area contributed by atoms with E-state index in [1.54, 1.807) is 12.1 Å². The fraction of sp³-hybridized carbons (Fsp3) is 0.353. The number of nitrogens with zero attached hydrogens (tertiary/aromatic N) is 3. The second-order valence-electron chi connectivity index (χ2n) is 5.47. The van der Waals surface area contributed by atoms with Crippen molar-refractivity contribution in [2.45, 2.75) is 33.1 Å². The minimum absolute atomic E-state index is 0.0108. The molecule has 0 bridgehead atoms. The molecule has 122 valence electrons. The summed E-state index contributed by atoms with van der Waals surface area (Å²) < 4.78 is 0. The van der Waals surface area contributed by atoms with Gasteiger partial charge in [0.1, 0.15) is 11.4 Å². The van der Waals surface area contributed by atoms with Crippen molar-refractivity contribution in [3.63, 3.8) is 0 Å². The van der Waals surface area contributed by atoms with Crippen molar-refractivity contribution in [3.8, 4) is 5.75 Å². The zero-order valence-electron chi connectivity index (χ0n) is 13.5. The molecule has 6 nitrogen and oxygen atoms in total. The third-order valence-electron chi connectivity index (χ3n) is 3.41. The number of nitrogens with one attached hydrogen (secondary N) is 1. The van der Waals surface area contributed by atoms with Crippen LogP contribution < -0.4 is 5.32 Å². The lowest BCUT2D eigenvalue weighted by atomic mass is 10.1. The molecule has 0 saturated heterocycles. The Kier molecular flexibility index (Phi) is 5.91. The molecule has 2 heterocycles. The normalized spacial score (nSPS) is 11.0. The summed E-state index contributed by atoms with van der Waals surface area (Å²) in [4.78, 5) is 8.60. The van der Waals surface area contributed by atoms with Gasteiger partial charge in [-0.05, 0) is 57.4 Å². The third-order valence-corrected chi connectivity index (χ3v) is 3.41. The summed E-state index contributed by atoms with van der Waals surface area (Å²) in [5.74, 6) is 0.0108. The second-order valence-corrected chi connectivity index (χ2v) is 5.47. The van der Waals surface area contributed by atoms with E-state index in [0.717, 1.165) is 54.8 Å². The van der Waals surface area contributed by atoms with E-state index in [1.165, 1.54) is 0 Å². The van der Waals surface area contributed by atoms with E-state index in [4.69, 9.17) is 5.21 Å². The Morgan fingerprint density at radius 1 is 1.13 bits per heavy atom. The van der Waals surface area contributed by atoms with Crippen molar-refractivity contribution in [1.82, 2.24) is 9.97 Å². The predicted octanol–water partition coefficient (Wildman–Crippen LogP) is 3.04. The largest absolute Gasteiger partial charge is 0.506 e. The summed E-state index contributed by atoms with van der Waals surface area (Å²) in [5.41, 5.74) is 4.27. The van der Waals surface area contributed by atoms with E-state index in [2.05, 4.69) is 20.4 Å². The van der Waals surface area contributed by atoms with Crippen LogP contribution in [0.1, 0.15) is 35.6 Å². The van der Waals surface area contributed by atoms with Crippen molar-refractivity contribution in [2.24, 2.45) is 5.16 Å². The third kappa shape index (κ3) is 5.25. The van der Waals surface area contributed by atoms with Gasteiger partial charge in [0.2, 0.25) is 0 Å². The van der Waals surface area contributed by atoms with Crippen LogP contribution in [0.25, 0.3) is 0 Å². The SMILES string of the molecule is Cc1cc(NCCCCc2ccc(O)c(C=NO)n2)cc(C)n1. The van der Waals surface area contributed by atoms with Crippen LogP contribution in [0.5, 0.6) is 5.75 Å². The summed E-state index contributed by atoms with van der Waals surface area (Å²) in [6, 6.07) is 7.43.